The molecule has 1 heterocycles. The van der Waals surface area contributed by atoms with Crippen molar-refractivity contribution >= 4 is 18.0 Å². The zero-order valence-corrected chi connectivity index (χ0v) is 15.9. The Morgan fingerprint density at radius 1 is 1.12 bits per heavy atom. The summed E-state index contributed by atoms with van der Waals surface area (Å²) in [6.07, 6.45) is 1.64. The largest absolute Gasteiger partial charge is 0.507 e. The van der Waals surface area contributed by atoms with E-state index in [9.17, 15) is 9.90 Å². The predicted octanol–water partition coefficient (Wildman–Crippen LogP) is 3.39. The number of phenolic OH excluding ortho intramolecular Hbond substituents is 1. The number of amides is 1. The van der Waals surface area contributed by atoms with Gasteiger partial charge in [0.05, 0.1) is 0 Å². The topological polar surface area (TPSA) is 80.2 Å². The highest BCUT2D eigenvalue weighted by Crippen LogP contribution is 2.40. The molecule has 0 radical (unpaired) electrons. The SMILES string of the molecule is CO/N=C1\NC(=O)/C(=C/c2cc(C(C)(C)C)c(O)c(C(C)(C)C)c2)O1. The molecule has 0 saturated carbocycles. The molecule has 0 spiro atoms. The molecular formula is C19H26N2O4. The summed E-state index contributed by atoms with van der Waals surface area (Å²) in [6.45, 7) is 12.2. The Kier molecular flexibility index (Phi) is 4.84. The Morgan fingerprint density at radius 2 is 1.64 bits per heavy atom. The highest BCUT2D eigenvalue weighted by atomic mass is 16.6. The minimum absolute atomic E-state index is 0.00428. The molecule has 1 amide bonds. The normalized spacial score (nSPS) is 18.4. The molecule has 2 rings (SSSR count). The van der Waals surface area contributed by atoms with Gasteiger partial charge in [-0.15, -0.1) is 0 Å². The van der Waals surface area contributed by atoms with Crippen molar-refractivity contribution in [2.75, 3.05) is 7.11 Å². The maximum absolute atomic E-state index is 12.0. The van der Waals surface area contributed by atoms with E-state index < -0.39 is 5.91 Å². The number of carbonyl (C=O) groups excluding carboxylic acids is 1. The minimum Gasteiger partial charge on any atom is -0.507 e. The molecular weight excluding hydrogens is 320 g/mol. The van der Waals surface area contributed by atoms with E-state index in [1.54, 1.807) is 6.08 Å². The summed E-state index contributed by atoms with van der Waals surface area (Å²) in [4.78, 5) is 16.6. The molecule has 0 bridgehead atoms. The van der Waals surface area contributed by atoms with Gasteiger partial charge in [0.1, 0.15) is 12.9 Å². The number of aromatic hydroxyl groups is 1. The van der Waals surface area contributed by atoms with Crippen molar-refractivity contribution in [2.45, 2.75) is 52.4 Å². The Labute approximate surface area is 148 Å². The maximum Gasteiger partial charge on any atom is 0.336 e. The van der Waals surface area contributed by atoms with Crippen LogP contribution in [0.3, 0.4) is 0 Å². The molecule has 0 atom stereocenters. The number of nitrogens with zero attached hydrogens (tertiary/aromatic N) is 1. The smallest absolute Gasteiger partial charge is 0.336 e. The number of phenols is 1. The second-order valence-corrected chi connectivity index (χ2v) is 8.11. The number of rotatable bonds is 2. The molecule has 0 aromatic heterocycles. The van der Waals surface area contributed by atoms with E-state index in [1.807, 2.05) is 53.7 Å². The summed E-state index contributed by atoms with van der Waals surface area (Å²) in [5.41, 5.74) is 1.91. The molecule has 1 aliphatic heterocycles. The zero-order valence-electron chi connectivity index (χ0n) is 15.9. The monoisotopic (exact) mass is 346 g/mol. The van der Waals surface area contributed by atoms with E-state index in [0.29, 0.717) is 5.75 Å². The van der Waals surface area contributed by atoms with E-state index in [0.717, 1.165) is 16.7 Å². The van der Waals surface area contributed by atoms with Crippen LogP contribution in [-0.4, -0.2) is 24.1 Å². The fourth-order valence-electron chi connectivity index (χ4n) is 2.59. The van der Waals surface area contributed by atoms with Crippen LogP contribution in [0.5, 0.6) is 5.75 Å². The van der Waals surface area contributed by atoms with Crippen LogP contribution in [-0.2, 0) is 25.2 Å². The summed E-state index contributed by atoms with van der Waals surface area (Å²) >= 11 is 0. The fourth-order valence-corrected chi connectivity index (χ4v) is 2.59. The lowest BCUT2D eigenvalue weighted by molar-refractivity contribution is -0.116. The predicted molar refractivity (Wildman–Crippen MR) is 97.2 cm³/mol. The highest BCUT2D eigenvalue weighted by molar-refractivity contribution is 6.11. The van der Waals surface area contributed by atoms with Crippen LogP contribution < -0.4 is 5.32 Å². The molecule has 1 saturated heterocycles. The van der Waals surface area contributed by atoms with Crippen LogP contribution in [0, 0.1) is 0 Å². The number of carbonyl (C=O) groups is 1. The molecule has 1 aromatic rings. The Bertz CT molecular complexity index is 715. The molecule has 6 nitrogen and oxygen atoms in total. The van der Waals surface area contributed by atoms with Crippen LogP contribution in [0.4, 0.5) is 0 Å². The van der Waals surface area contributed by atoms with Crippen molar-refractivity contribution in [3.05, 3.63) is 34.6 Å². The Hall–Kier alpha value is -2.50. The van der Waals surface area contributed by atoms with Gasteiger partial charge in [-0.1, -0.05) is 41.5 Å². The van der Waals surface area contributed by atoms with Crippen molar-refractivity contribution in [3.63, 3.8) is 0 Å². The molecule has 6 heteroatoms. The van der Waals surface area contributed by atoms with Gasteiger partial charge in [0.25, 0.3) is 5.91 Å². The molecule has 0 unspecified atom stereocenters. The average molecular weight is 346 g/mol. The second-order valence-electron chi connectivity index (χ2n) is 8.11. The summed E-state index contributed by atoms with van der Waals surface area (Å²) in [5, 5.41) is 16.8. The first-order valence-corrected chi connectivity index (χ1v) is 8.13. The van der Waals surface area contributed by atoms with Crippen LogP contribution >= 0.6 is 0 Å². The lowest BCUT2D eigenvalue weighted by atomic mass is 9.78. The first-order valence-electron chi connectivity index (χ1n) is 8.13. The molecule has 0 aliphatic carbocycles. The number of amidine groups is 1. The third kappa shape index (κ3) is 4.13. The molecule has 1 aliphatic rings. The van der Waals surface area contributed by atoms with E-state index in [-0.39, 0.29) is 22.6 Å². The van der Waals surface area contributed by atoms with Gasteiger partial charge in [-0.05, 0) is 39.8 Å². The molecule has 2 N–H and O–H groups in total. The van der Waals surface area contributed by atoms with Crippen molar-refractivity contribution in [3.8, 4) is 5.75 Å². The number of ether oxygens (including phenoxy) is 1. The second kappa shape index (κ2) is 6.43. The summed E-state index contributed by atoms with van der Waals surface area (Å²) in [7, 11) is 1.37. The average Bonchev–Trinajstić information content (AvgIpc) is 2.78. The summed E-state index contributed by atoms with van der Waals surface area (Å²) in [6, 6.07) is 3.75. The van der Waals surface area contributed by atoms with Gasteiger partial charge < -0.3 is 14.7 Å². The van der Waals surface area contributed by atoms with Crippen molar-refractivity contribution < 1.29 is 19.5 Å². The van der Waals surface area contributed by atoms with Crippen LogP contribution in [0.25, 0.3) is 6.08 Å². The van der Waals surface area contributed by atoms with Gasteiger partial charge in [-0.2, -0.15) is 0 Å². The van der Waals surface area contributed by atoms with Gasteiger partial charge >= 0.3 is 6.02 Å². The van der Waals surface area contributed by atoms with Gasteiger partial charge in [0, 0.05) is 11.1 Å². The summed E-state index contributed by atoms with van der Waals surface area (Å²) < 4.78 is 5.36. The minimum atomic E-state index is -0.390. The van der Waals surface area contributed by atoms with Gasteiger partial charge in [-0.3, -0.25) is 10.1 Å². The van der Waals surface area contributed by atoms with Crippen LogP contribution in [0.15, 0.2) is 23.0 Å². The van der Waals surface area contributed by atoms with Crippen LogP contribution in [0.2, 0.25) is 0 Å². The molecule has 25 heavy (non-hydrogen) atoms. The van der Waals surface area contributed by atoms with Crippen molar-refractivity contribution in [2.24, 2.45) is 5.16 Å². The van der Waals surface area contributed by atoms with Gasteiger partial charge in [-0.25, -0.2) is 0 Å². The maximum atomic E-state index is 12.0. The number of hydrogen-bond acceptors (Lipinski definition) is 5. The van der Waals surface area contributed by atoms with E-state index in [4.69, 9.17) is 4.74 Å². The number of hydrogen-bond donors (Lipinski definition) is 2. The molecule has 136 valence electrons. The Balaban J connectivity index is 2.57. The lowest BCUT2D eigenvalue weighted by Gasteiger charge is -2.27. The fraction of sp³-hybridized carbons (Fsp3) is 0.474. The third-order valence-electron chi connectivity index (χ3n) is 3.87. The number of benzene rings is 1. The zero-order chi connectivity index (χ0) is 19.0. The van der Waals surface area contributed by atoms with E-state index >= 15 is 0 Å². The molecule has 1 aromatic carbocycles. The summed E-state index contributed by atoms with van der Waals surface area (Å²) in [5.74, 6) is 0.0280. The Morgan fingerprint density at radius 3 is 2.08 bits per heavy atom. The lowest BCUT2D eigenvalue weighted by Crippen LogP contribution is -2.20. The molecule has 1 fully saturated rings. The van der Waals surface area contributed by atoms with Crippen LogP contribution in [0.1, 0.15) is 58.2 Å². The number of oxime groups is 1. The first kappa shape index (κ1) is 18.8. The van der Waals surface area contributed by atoms with Crippen molar-refractivity contribution in [1.82, 2.24) is 5.32 Å². The van der Waals surface area contributed by atoms with E-state index in [2.05, 4.69) is 15.3 Å². The van der Waals surface area contributed by atoms with E-state index in [1.165, 1.54) is 7.11 Å². The first-order chi connectivity index (χ1) is 11.4. The van der Waals surface area contributed by atoms with Crippen molar-refractivity contribution in [1.29, 1.82) is 0 Å². The van der Waals surface area contributed by atoms with Gasteiger partial charge in [0.15, 0.2) is 5.76 Å². The quantitative estimate of drug-likeness (QED) is 0.635. The highest BCUT2D eigenvalue weighted by Gasteiger charge is 2.28. The number of nitrogens with one attached hydrogen (secondary N) is 1. The third-order valence-corrected chi connectivity index (χ3v) is 3.87. The van der Waals surface area contributed by atoms with Gasteiger partial charge in [0.2, 0.25) is 0 Å². The standard InChI is InChI=1S/C19H26N2O4/c1-18(2,3)12-8-11(9-13(15(12)22)19(4,5)6)10-14-16(23)20-17(25-14)21-24-7/h8-10,22H,1-7H3,(H,20,21,23)/b14-10-.